The van der Waals surface area contributed by atoms with E-state index in [0.29, 0.717) is 11.1 Å². The molecule has 3 aliphatic rings. The first-order valence-electron chi connectivity index (χ1n) is 8.00. The molecule has 0 spiro atoms. The van der Waals surface area contributed by atoms with Crippen molar-refractivity contribution in [2.45, 2.75) is 39.6 Å². The third kappa shape index (κ3) is 2.15. The molecule has 1 aromatic carbocycles. The molecule has 4 rings (SSSR count). The summed E-state index contributed by atoms with van der Waals surface area (Å²) in [5, 5.41) is 0. The fourth-order valence-electron chi connectivity index (χ4n) is 3.61. The van der Waals surface area contributed by atoms with Gasteiger partial charge in [0.15, 0.2) is 0 Å². The van der Waals surface area contributed by atoms with Crippen LogP contribution in [-0.2, 0) is 30.2 Å². The van der Waals surface area contributed by atoms with Gasteiger partial charge in [-0.15, -0.1) is 0 Å². The smallest absolute Gasteiger partial charge is 0.338 e. The second-order valence-corrected chi connectivity index (χ2v) is 6.55. The van der Waals surface area contributed by atoms with Crippen LogP contribution in [0.1, 0.15) is 35.3 Å². The van der Waals surface area contributed by atoms with E-state index in [0.717, 1.165) is 12.0 Å². The largest absolute Gasteiger partial charge is 0.458 e. The average Bonchev–Trinajstić information content (AvgIpc) is 3.14. The lowest BCUT2D eigenvalue weighted by Crippen LogP contribution is -2.11. The molecule has 5 heteroatoms. The summed E-state index contributed by atoms with van der Waals surface area (Å²) in [5.41, 5.74) is 5.72. The summed E-state index contributed by atoms with van der Waals surface area (Å²) in [7, 11) is 0. The van der Waals surface area contributed by atoms with Gasteiger partial charge in [0.25, 0.3) is 6.29 Å². The SMILES string of the molecule is CC1=C[C@H](O/C=C2\C(=O)O[C@H]3c4c(ccc(C)c4C)C[C@@H]23)OC1=O. The maximum atomic E-state index is 12.2. The van der Waals surface area contributed by atoms with Gasteiger partial charge in [-0.25, -0.2) is 9.59 Å². The van der Waals surface area contributed by atoms with Gasteiger partial charge in [-0.05, 0) is 49.4 Å². The zero-order chi connectivity index (χ0) is 17.0. The van der Waals surface area contributed by atoms with Gasteiger partial charge in [-0.1, -0.05) is 12.1 Å². The van der Waals surface area contributed by atoms with E-state index in [2.05, 4.69) is 26.0 Å². The van der Waals surface area contributed by atoms with Crippen LogP contribution in [0.5, 0.6) is 0 Å². The van der Waals surface area contributed by atoms with Crippen molar-refractivity contribution in [2.75, 3.05) is 0 Å². The van der Waals surface area contributed by atoms with Gasteiger partial charge in [0.05, 0.1) is 11.8 Å². The lowest BCUT2D eigenvalue weighted by Gasteiger charge is -2.13. The van der Waals surface area contributed by atoms with Crippen molar-refractivity contribution in [2.24, 2.45) is 5.92 Å². The maximum Gasteiger partial charge on any atom is 0.338 e. The Morgan fingerprint density at radius 3 is 2.62 bits per heavy atom. The number of esters is 2. The number of aryl methyl sites for hydroxylation is 1. The Morgan fingerprint density at radius 2 is 1.92 bits per heavy atom. The van der Waals surface area contributed by atoms with Crippen LogP contribution in [-0.4, -0.2) is 18.2 Å². The molecule has 0 aromatic heterocycles. The van der Waals surface area contributed by atoms with E-state index >= 15 is 0 Å². The van der Waals surface area contributed by atoms with E-state index in [-0.39, 0.29) is 18.0 Å². The highest BCUT2D eigenvalue weighted by Crippen LogP contribution is 2.49. The zero-order valence-corrected chi connectivity index (χ0v) is 13.8. The first kappa shape index (κ1) is 15.0. The summed E-state index contributed by atoms with van der Waals surface area (Å²) in [6.07, 6.45) is 2.72. The molecule has 0 saturated carbocycles. The molecule has 1 saturated heterocycles. The maximum absolute atomic E-state index is 12.2. The molecule has 2 aliphatic heterocycles. The van der Waals surface area contributed by atoms with E-state index < -0.39 is 12.3 Å². The molecular weight excluding hydrogens is 308 g/mol. The van der Waals surface area contributed by atoms with E-state index in [9.17, 15) is 9.59 Å². The molecule has 5 nitrogen and oxygen atoms in total. The fourth-order valence-corrected chi connectivity index (χ4v) is 3.61. The van der Waals surface area contributed by atoms with E-state index in [1.54, 1.807) is 13.0 Å². The van der Waals surface area contributed by atoms with Crippen LogP contribution in [0, 0.1) is 19.8 Å². The number of rotatable bonds is 2. The summed E-state index contributed by atoms with van der Waals surface area (Å²) >= 11 is 0. The number of benzene rings is 1. The highest BCUT2D eigenvalue weighted by Gasteiger charge is 2.47. The van der Waals surface area contributed by atoms with Crippen molar-refractivity contribution >= 4 is 11.9 Å². The first-order chi connectivity index (χ1) is 11.5. The highest BCUT2D eigenvalue weighted by atomic mass is 16.7. The van der Waals surface area contributed by atoms with Gasteiger partial charge >= 0.3 is 11.9 Å². The van der Waals surface area contributed by atoms with Gasteiger partial charge in [-0.2, -0.15) is 0 Å². The van der Waals surface area contributed by atoms with Crippen LogP contribution in [0.3, 0.4) is 0 Å². The van der Waals surface area contributed by atoms with Crippen molar-refractivity contribution in [3.8, 4) is 0 Å². The molecule has 1 fully saturated rings. The number of cyclic esters (lactones) is 1. The van der Waals surface area contributed by atoms with Crippen molar-refractivity contribution in [3.05, 3.63) is 57.9 Å². The van der Waals surface area contributed by atoms with Gasteiger partial charge in [-0.3, -0.25) is 0 Å². The van der Waals surface area contributed by atoms with Crippen LogP contribution >= 0.6 is 0 Å². The Labute approximate surface area is 139 Å². The van der Waals surface area contributed by atoms with Crippen LogP contribution < -0.4 is 0 Å². The van der Waals surface area contributed by atoms with Crippen molar-refractivity contribution in [1.29, 1.82) is 0 Å². The summed E-state index contributed by atoms with van der Waals surface area (Å²) < 4.78 is 16.1. The van der Waals surface area contributed by atoms with Gasteiger partial charge < -0.3 is 14.2 Å². The molecule has 1 aliphatic carbocycles. The number of hydrogen-bond acceptors (Lipinski definition) is 5. The summed E-state index contributed by atoms with van der Waals surface area (Å²) in [5.74, 6) is -0.804. The average molecular weight is 326 g/mol. The highest BCUT2D eigenvalue weighted by molar-refractivity contribution is 5.92. The molecule has 24 heavy (non-hydrogen) atoms. The predicted octanol–water partition coefficient (Wildman–Crippen LogP) is 2.80. The molecule has 124 valence electrons. The molecule has 0 amide bonds. The molecule has 0 bridgehead atoms. The number of hydrogen-bond donors (Lipinski definition) is 0. The van der Waals surface area contributed by atoms with Crippen molar-refractivity contribution < 1.29 is 23.8 Å². The topological polar surface area (TPSA) is 61.8 Å². The number of ether oxygens (including phenoxy) is 3. The Morgan fingerprint density at radius 1 is 1.12 bits per heavy atom. The Bertz CT molecular complexity index is 817. The van der Waals surface area contributed by atoms with Gasteiger partial charge in [0.1, 0.15) is 6.10 Å². The predicted molar refractivity (Wildman–Crippen MR) is 84.7 cm³/mol. The monoisotopic (exact) mass is 326 g/mol. The molecule has 0 radical (unpaired) electrons. The quantitative estimate of drug-likeness (QED) is 0.475. The van der Waals surface area contributed by atoms with Gasteiger partial charge in [0.2, 0.25) is 0 Å². The normalized spacial score (nSPS) is 29.2. The van der Waals surface area contributed by atoms with E-state index in [1.807, 2.05) is 0 Å². The van der Waals surface area contributed by atoms with Crippen LogP contribution in [0.2, 0.25) is 0 Å². The number of carbonyl (C=O) groups is 2. The zero-order valence-electron chi connectivity index (χ0n) is 13.8. The third-order valence-electron chi connectivity index (χ3n) is 5.10. The molecular formula is C19H18O5. The summed E-state index contributed by atoms with van der Waals surface area (Å²) in [6, 6.07) is 4.20. The lowest BCUT2D eigenvalue weighted by atomic mass is 9.96. The Hall–Kier alpha value is -2.56. The van der Waals surface area contributed by atoms with E-state index in [1.165, 1.54) is 23.0 Å². The molecule has 0 unspecified atom stereocenters. The lowest BCUT2D eigenvalue weighted by molar-refractivity contribution is -0.152. The van der Waals surface area contributed by atoms with Crippen LogP contribution in [0.15, 0.2) is 35.6 Å². The second-order valence-electron chi connectivity index (χ2n) is 6.55. The van der Waals surface area contributed by atoms with Crippen molar-refractivity contribution in [1.82, 2.24) is 0 Å². The molecule has 0 N–H and O–H groups in total. The van der Waals surface area contributed by atoms with Gasteiger partial charge in [0, 0.05) is 17.6 Å². The van der Waals surface area contributed by atoms with Crippen LogP contribution in [0.4, 0.5) is 0 Å². The standard InChI is InChI=1S/C19H18O5/c1-9-4-5-12-7-13-14(8-22-15-6-10(2)18(20)23-15)19(21)24-17(13)16(12)11(9)3/h4-6,8,13,15,17H,7H2,1-3H3/b14-8-/t13-,15+,17+/m0/s1. The summed E-state index contributed by atoms with van der Waals surface area (Å²) in [6.45, 7) is 5.79. The molecule has 3 atom stereocenters. The molecule has 1 aromatic rings. The van der Waals surface area contributed by atoms with Crippen LogP contribution in [0.25, 0.3) is 0 Å². The minimum absolute atomic E-state index is 0.0461. The summed E-state index contributed by atoms with van der Waals surface area (Å²) in [4.78, 5) is 23.6. The molecule has 2 heterocycles. The Balaban J connectivity index is 1.59. The van der Waals surface area contributed by atoms with E-state index in [4.69, 9.17) is 14.2 Å². The fraction of sp³-hybridized carbons (Fsp3) is 0.368. The Kier molecular flexibility index (Phi) is 3.27. The number of carbonyl (C=O) groups excluding carboxylic acids is 2. The minimum Gasteiger partial charge on any atom is -0.458 e. The van der Waals surface area contributed by atoms with Crippen molar-refractivity contribution in [3.63, 3.8) is 0 Å². The first-order valence-corrected chi connectivity index (χ1v) is 8.00. The second kappa shape index (κ2) is 5.23. The number of fused-ring (bicyclic) bond motifs is 3. The minimum atomic E-state index is -0.774. The third-order valence-corrected chi connectivity index (χ3v) is 5.10.